The van der Waals surface area contributed by atoms with Gasteiger partial charge in [0.15, 0.2) is 0 Å². The maximum Gasteiger partial charge on any atom is 0.222 e. The van der Waals surface area contributed by atoms with Crippen LogP contribution in [0.15, 0.2) is 30.3 Å². The van der Waals surface area contributed by atoms with Crippen molar-refractivity contribution in [3.8, 4) is 0 Å². The van der Waals surface area contributed by atoms with Crippen LogP contribution in [0.1, 0.15) is 48.7 Å². The van der Waals surface area contributed by atoms with E-state index >= 15 is 0 Å². The second kappa shape index (κ2) is 10.7. The molecule has 1 saturated heterocycles. The van der Waals surface area contributed by atoms with Gasteiger partial charge in [-0.3, -0.25) is 4.79 Å². The monoisotopic (exact) mass is 427 g/mol. The van der Waals surface area contributed by atoms with Crippen molar-refractivity contribution in [2.24, 2.45) is 0 Å². The first kappa shape index (κ1) is 23.1. The lowest BCUT2D eigenvalue weighted by Gasteiger charge is -2.32. The number of rotatable bonds is 8. The third kappa shape index (κ3) is 6.72. The molecule has 1 aliphatic heterocycles. The molecule has 0 spiro atoms. The van der Waals surface area contributed by atoms with Gasteiger partial charge in [-0.2, -0.15) is 0 Å². The van der Waals surface area contributed by atoms with Crippen molar-refractivity contribution in [1.29, 1.82) is 0 Å². The van der Waals surface area contributed by atoms with Gasteiger partial charge in [-0.15, -0.1) is 0 Å². The fourth-order valence-electron chi connectivity index (χ4n) is 3.99. The second-order valence-corrected chi connectivity index (χ2v) is 8.87. The van der Waals surface area contributed by atoms with Crippen LogP contribution in [0.25, 0.3) is 0 Å². The highest BCUT2D eigenvalue weighted by atomic mass is 19.1. The second-order valence-electron chi connectivity index (χ2n) is 8.87. The molecule has 2 heterocycles. The summed E-state index contributed by atoms with van der Waals surface area (Å²) in [4.78, 5) is 28.5. The van der Waals surface area contributed by atoms with E-state index in [0.29, 0.717) is 13.0 Å². The van der Waals surface area contributed by atoms with Gasteiger partial charge in [-0.1, -0.05) is 12.1 Å². The van der Waals surface area contributed by atoms with Gasteiger partial charge in [0.1, 0.15) is 17.5 Å². The van der Waals surface area contributed by atoms with Crippen LogP contribution in [0.3, 0.4) is 0 Å². The van der Waals surface area contributed by atoms with E-state index in [-0.39, 0.29) is 17.6 Å². The Labute approximate surface area is 185 Å². The molecule has 0 saturated carbocycles. The number of carbonyl (C=O) groups is 1. The summed E-state index contributed by atoms with van der Waals surface area (Å²) in [7, 11) is 8.04. The lowest BCUT2D eigenvalue weighted by Crippen LogP contribution is -2.39. The molecule has 1 atom stereocenters. The molecule has 1 fully saturated rings. The topological polar surface area (TPSA) is 52.6 Å². The van der Waals surface area contributed by atoms with E-state index in [9.17, 15) is 9.18 Å². The zero-order chi connectivity index (χ0) is 22.4. The first-order valence-electron chi connectivity index (χ1n) is 11.0. The molecule has 1 unspecified atom stereocenters. The third-order valence-electron chi connectivity index (χ3n) is 5.63. The third-order valence-corrected chi connectivity index (χ3v) is 5.63. The van der Waals surface area contributed by atoms with Crippen molar-refractivity contribution < 1.29 is 9.18 Å². The quantitative estimate of drug-likeness (QED) is 0.646. The van der Waals surface area contributed by atoms with E-state index in [1.54, 1.807) is 12.1 Å². The van der Waals surface area contributed by atoms with E-state index in [1.165, 1.54) is 12.1 Å². The van der Waals surface area contributed by atoms with E-state index in [0.717, 1.165) is 61.7 Å². The number of amides is 1. The molecule has 1 aromatic heterocycles. The number of hydrogen-bond donors (Lipinski definition) is 0. The Bertz CT molecular complexity index is 869. The first-order chi connectivity index (χ1) is 14.8. The number of benzene rings is 1. The molecule has 1 aromatic carbocycles. The minimum Gasteiger partial charge on any atom is -0.363 e. The van der Waals surface area contributed by atoms with Crippen LogP contribution in [-0.4, -0.2) is 67.0 Å². The van der Waals surface area contributed by atoms with Crippen LogP contribution in [0.5, 0.6) is 0 Å². The smallest absolute Gasteiger partial charge is 0.222 e. The summed E-state index contributed by atoms with van der Waals surface area (Å²) in [6.45, 7) is 2.23. The normalized spacial score (nSPS) is 16.6. The van der Waals surface area contributed by atoms with Gasteiger partial charge < -0.3 is 14.7 Å². The standard InChI is InChI=1S/C24H34FN5O/c1-28(2)17-21-15-22(29(3)4)27-24(26-21)19-8-6-14-30(16-19)23(31)9-5-7-18-10-12-20(25)13-11-18/h10-13,15,19H,5-9,14,16-17H2,1-4H3. The number of nitrogens with zero attached hydrogens (tertiary/aromatic N) is 5. The van der Waals surface area contributed by atoms with E-state index in [1.807, 2.05) is 44.1 Å². The summed E-state index contributed by atoms with van der Waals surface area (Å²) in [5.74, 6) is 1.87. The minimum atomic E-state index is -0.228. The Morgan fingerprint density at radius 2 is 1.90 bits per heavy atom. The predicted octanol–water partition coefficient (Wildman–Crippen LogP) is 3.47. The Kier molecular flexibility index (Phi) is 7.96. The molecule has 1 amide bonds. The molecule has 6 nitrogen and oxygen atoms in total. The fourth-order valence-corrected chi connectivity index (χ4v) is 3.99. The molecule has 168 valence electrons. The summed E-state index contributed by atoms with van der Waals surface area (Å²) in [5, 5.41) is 0. The van der Waals surface area contributed by atoms with Crippen molar-refractivity contribution in [2.75, 3.05) is 46.2 Å². The predicted molar refractivity (Wildman–Crippen MR) is 122 cm³/mol. The zero-order valence-electron chi connectivity index (χ0n) is 19.1. The van der Waals surface area contributed by atoms with E-state index in [2.05, 4.69) is 4.90 Å². The lowest BCUT2D eigenvalue weighted by atomic mass is 9.96. The number of halogens is 1. The van der Waals surface area contributed by atoms with Crippen molar-refractivity contribution in [1.82, 2.24) is 19.8 Å². The van der Waals surface area contributed by atoms with Crippen molar-refractivity contribution in [3.63, 3.8) is 0 Å². The Morgan fingerprint density at radius 1 is 1.16 bits per heavy atom. The van der Waals surface area contributed by atoms with Gasteiger partial charge in [-0.25, -0.2) is 14.4 Å². The molecular formula is C24H34FN5O. The molecule has 0 bridgehead atoms. The number of piperidine rings is 1. The van der Waals surface area contributed by atoms with Crippen molar-refractivity contribution >= 4 is 11.7 Å². The van der Waals surface area contributed by atoms with Gasteiger partial charge in [0, 0.05) is 52.1 Å². The minimum absolute atomic E-state index is 0.163. The largest absolute Gasteiger partial charge is 0.363 e. The van der Waals surface area contributed by atoms with Gasteiger partial charge in [-0.05, 0) is 57.5 Å². The average molecular weight is 428 g/mol. The van der Waals surface area contributed by atoms with E-state index < -0.39 is 0 Å². The van der Waals surface area contributed by atoms with Gasteiger partial charge in [0.2, 0.25) is 5.91 Å². The Balaban J connectivity index is 1.62. The summed E-state index contributed by atoms with van der Waals surface area (Å²) in [5.41, 5.74) is 2.06. The highest BCUT2D eigenvalue weighted by molar-refractivity contribution is 5.76. The number of carbonyl (C=O) groups excluding carboxylic acids is 1. The lowest BCUT2D eigenvalue weighted by molar-refractivity contribution is -0.132. The summed E-state index contributed by atoms with van der Waals surface area (Å²) in [6.07, 6.45) is 4.02. The number of aryl methyl sites for hydroxylation is 1. The van der Waals surface area contributed by atoms with Crippen LogP contribution in [0, 0.1) is 5.82 Å². The Hall–Kier alpha value is -2.54. The van der Waals surface area contributed by atoms with Gasteiger partial charge in [0.25, 0.3) is 0 Å². The molecule has 7 heteroatoms. The van der Waals surface area contributed by atoms with Crippen LogP contribution in [0.2, 0.25) is 0 Å². The van der Waals surface area contributed by atoms with E-state index in [4.69, 9.17) is 9.97 Å². The van der Waals surface area contributed by atoms with Crippen LogP contribution < -0.4 is 4.90 Å². The van der Waals surface area contributed by atoms with Crippen LogP contribution >= 0.6 is 0 Å². The summed E-state index contributed by atoms with van der Waals surface area (Å²) in [6, 6.07) is 8.55. The van der Waals surface area contributed by atoms with Gasteiger partial charge >= 0.3 is 0 Å². The average Bonchev–Trinajstić information content (AvgIpc) is 2.74. The number of aromatic nitrogens is 2. The summed E-state index contributed by atoms with van der Waals surface area (Å²) >= 11 is 0. The zero-order valence-corrected chi connectivity index (χ0v) is 19.1. The highest BCUT2D eigenvalue weighted by Gasteiger charge is 2.27. The fraction of sp³-hybridized carbons (Fsp3) is 0.542. The van der Waals surface area contributed by atoms with Crippen LogP contribution in [-0.2, 0) is 17.8 Å². The van der Waals surface area contributed by atoms with Crippen LogP contribution in [0.4, 0.5) is 10.2 Å². The van der Waals surface area contributed by atoms with Gasteiger partial charge in [0.05, 0.1) is 5.69 Å². The molecule has 3 rings (SSSR count). The van der Waals surface area contributed by atoms with Crippen molar-refractivity contribution in [3.05, 3.63) is 53.2 Å². The SMILES string of the molecule is CN(C)Cc1cc(N(C)C)nc(C2CCCN(C(=O)CCCc3ccc(F)cc3)C2)n1. The number of anilines is 1. The molecular weight excluding hydrogens is 393 g/mol. The number of likely N-dealkylation sites (tertiary alicyclic amines) is 1. The molecule has 31 heavy (non-hydrogen) atoms. The summed E-state index contributed by atoms with van der Waals surface area (Å²) < 4.78 is 13.0. The maximum atomic E-state index is 13.0. The molecule has 1 aliphatic rings. The molecule has 0 aliphatic carbocycles. The maximum absolute atomic E-state index is 13.0. The molecule has 0 N–H and O–H groups in total. The highest BCUT2D eigenvalue weighted by Crippen LogP contribution is 2.27. The number of hydrogen-bond acceptors (Lipinski definition) is 5. The molecule has 0 radical (unpaired) electrons. The molecule has 2 aromatic rings. The Morgan fingerprint density at radius 3 is 2.58 bits per heavy atom. The van der Waals surface area contributed by atoms with Crippen molar-refractivity contribution in [2.45, 2.75) is 44.6 Å². The first-order valence-corrected chi connectivity index (χ1v) is 11.0.